The van der Waals surface area contributed by atoms with Crippen LogP contribution in [0.2, 0.25) is 0 Å². The standard InChI is InChI=1S/C18H20N2O2/c1-13-8-6-7-11-16(13)14(2)20-17(21)12-19-18(22)15-9-4-3-5-10-15/h3-11,14H,12H2,1-2H3,(H,19,22)(H,20,21)/t14-/m0/s1. The molecule has 0 fully saturated rings. The van der Waals surface area contributed by atoms with E-state index in [2.05, 4.69) is 10.6 Å². The van der Waals surface area contributed by atoms with Gasteiger partial charge in [0.15, 0.2) is 0 Å². The zero-order valence-electron chi connectivity index (χ0n) is 12.8. The quantitative estimate of drug-likeness (QED) is 0.891. The second-order valence-corrected chi connectivity index (χ2v) is 5.19. The predicted molar refractivity (Wildman–Crippen MR) is 86.5 cm³/mol. The van der Waals surface area contributed by atoms with Gasteiger partial charge in [0, 0.05) is 5.56 Å². The van der Waals surface area contributed by atoms with Crippen LogP contribution in [0.25, 0.3) is 0 Å². The van der Waals surface area contributed by atoms with E-state index in [9.17, 15) is 9.59 Å². The Kier molecular flexibility index (Phi) is 5.31. The summed E-state index contributed by atoms with van der Waals surface area (Å²) < 4.78 is 0. The summed E-state index contributed by atoms with van der Waals surface area (Å²) in [5.41, 5.74) is 2.75. The van der Waals surface area contributed by atoms with Gasteiger partial charge in [0.25, 0.3) is 5.91 Å². The predicted octanol–water partition coefficient (Wildman–Crippen LogP) is 2.60. The van der Waals surface area contributed by atoms with Gasteiger partial charge < -0.3 is 10.6 Å². The van der Waals surface area contributed by atoms with Crippen LogP contribution in [0, 0.1) is 6.92 Å². The van der Waals surface area contributed by atoms with Gasteiger partial charge in [-0.25, -0.2) is 0 Å². The molecule has 0 radical (unpaired) electrons. The van der Waals surface area contributed by atoms with E-state index in [4.69, 9.17) is 0 Å². The summed E-state index contributed by atoms with van der Waals surface area (Å²) in [6.07, 6.45) is 0. The van der Waals surface area contributed by atoms with Crippen LogP contribution in [0.1, 0.15) is 34.5 Å². The lowest BCUT2D eigenvalue weighted by Gasteiger charge is -2.16. The Balaban J connectivity index is 1.86. The summed E-state index contributed by atoms with van der Waals surface area (Å²) in [5.74, 6) is -0.459. The van der Waals surface area contributed by atoms with E-state index in [1.54, 1.807) is 24.3 Å². The highest BCUT2D eigenvalue weighted by Crippen LogP contribution is 2.16. The van der Waals surface area contributed by atoms with Gasteiger partial charge in [-0.3, -0.25) is 9.59 Å². The maximum Gasteiger partial charge on any atom is 0.251 e. The third-order valence-corrected chi connectivity index (χ3v) is 3.48. The molecular weight excluding hydrogens is 276 g/mol. The van der Waals surface area contributed by atoms with Crippen molar-refractivity contribution in [2.75, 3.05) is 6.54 Å². The summed E-state index contributed by atoms with van der Waals surface area (Å²) >= 11 is 0. The molecule has 2 aromatic carbocycles. The van der Waals surface area contributed by atoms with Crippen LogP contribution in [-0.2, 0) is 4.79 Å². The molecule has 2 amide bonds. The summed E-state index contributed by atoms with van der Waals surface area (Å²) in [6.45, 7) is 3.90. The Bertz CT molecular complexity index is 653. The molecule has 1 atom stereocenters. The first-order valence-corrected chi connectivity index (χ1v) is 7.26. The van der Waals surface area contributed by atoms with Crippen LogP contribution in [0.5, 0.6) is 0 Å². The maximum atomic E-state index is 11.9. The molecule has 2 aromatic rings. The highest BCUT2D eigenvalue weighted by atomic mass is 16.2. The van der Waals surface area contributed by atoms with Crippen molar-refractivity contribution in [2.45, 2.75) is 19.9 Å². The molecule has 22 heavy (non-hydrogen) atoms. The lowest BCUT2D eigenvalue weighted by molar-refractivity contribution is -0.120. The first-order valence-electron chi connectivity index (χ1n) is 7.26. The van der Waals surface area contributed by atoms with Gasteiger partial charge in [0.1, 0.15) is 0 Å². The average Bonchev–Trinajstić information content (AvgIpc) is 2.53. The van der Waals surface area contributed by atoms with Gasteiger partial charge in [-0.15, -0.1) is 0 Å². The second kappa shape index (κ2) is 7.41. The minimum absolute atomic E-state index is 0.0377. The summed E-state index contributed by atoms with van der Waals surface area (Å²) in [7, 11) is 0. The molecule has 0 bridgehead atoms. The van der Waals surface area contributed by atoms with E-state index < -0.39 is 0 Å². The molecule has 0 aliphatic rings. The van der Waals surface area contributed by atoms with Crippen molar-refractivity contribution in [3.8, 4) is 0 Å². The van der Waals surface area contributed by atoms with Crippen LogP contribution < -0.4 is 10.6 Å². The van der Waals surface area contributed by atoms with Crippen molar-refractivity contribution in [2.24, 2.45) is 0 Å². The van der Waals surface area contributed by atoms with Gasteiger partial charge in [-0.1, -0.05) is 42.5 Å². The number of aryl methyl sites for hydroxylation is 1. The molecule has 4 heteroatoms. The van der Waals surface area contributed by atoms with Crippen molar-refractivity contribution in [1.29, 1.82) is 0 Å². The topological polar surface area (TPSA) is 58.2 Å². The Morgan fingerprint density at radius 3 is 2.32 bits per heavy atom. The van der Waals surface area contributed by atoms with Crippen LogP contribution in [-0.4, -0.2) is 18.4 Å². The molecule has 2 rings (SSSR count). The van der Waals surface area contributed by atoms with Gasteiger partial charge >= 0.3 is 0 Å². The van der Waals surface area contributed by atoms with Gasteiger partial charge in [0.05, 0.1) is 12.6 Å². The van der Waals surface area contributed by atoms with E-state index in [0.717, 1.165) is 11.1 Å². The molecule has 0 saturated carbocycles. The first kappa shape index (κ1) is 15.8. The van der Waals surface area contributed by atoms with Crippen molar-refractivity contribution in [3.63, 3.8) is 0 Å². The van der Waals surface area contributed by atoms with E-state index in [0.29, 0.717) is 5.56 Å². The van der Waals surface area contributed by atoms with E-state index in [-0.39, 0.29) is 24.4 Å². The van der Waals surface area contributed by atoms with E-state index >= 15 is 0 Å². The Hall–Kier alpha value is -2.62. The zero-order chi connectivity index (χ0) is 15.9. The minimum atomic E-state index is -0.251. The first-order chi connectivity index (χ1) is 10.6. The van der Waals surface area contributed by atoms with Crippen molar-refractivity contribution in [1.82, 2.24) is 10.6 Å². The Morgan fingerprint density at radius 2 is 1.64 bits per heavy atom. The monoisotopic (exact) mass is 296 g/mol. The number of amides is 2. The fourth-order valence-corrected chi connectivity index (χ4v) is 2.30. The van der Waals surface area contributed by atoms with Crippen molar-refractivity contribution >= 4 is 11.8 Å². The third-order valence-electron chi connectivity index (χ3n) is 3.48. The highest BCUT2D eigenvalue weighted by Gasteiger charge is 2.12. The van der Waals surface area contributed by atoms with E-state index in [1.165, 1.54) is 0 Å². The average molecular weight is 296 g/mol. The fraction of sp³-hybridized carbons (Fsp3) is 0.222. The number of carbonyl (C=O) groups excluding carboxylic acids is 2. The van der Waals surface area contributed by atoms with Gasteiger partial charge in [-0.2, -0.15) is 0 Å². The van der Waals surface area contributed by atoms with Crippen LogP contribution >= 0.6 is 0 Å². The largest absolute Gasteiger partial charge is 0.348 e. The second-order valence-electron chi connectivity index (χ2n) is 5.19. The molecule has 0 aliphatic carbocycles. The van der Waals surface area contributed by atoms with Crippen LogP contribution in [0.3, 0.4) is 0 Å². The maximum absolute atomic E-state index is 11.9. The highest BCUT2D eigenvalue weighted by molar-refractivity contribution is 5.96. The van der Waals surface area contributed by atoms with Gasteiger partial charge in [-0.05, 0) is 37.1 Å². The number of carbonyl (C=O) groups is 2. The normalized spacial score (nSPS) is 11.5. The number of nitrogens with one attached hydrogen (secondary N) is 2. The molecule has 4 nitrogen and oxygen atoms in total. The molecule has 2 N–H and O–H groups in total. The lowest BCUT2D eigenvalue weighted by Crippen LogP contribution is -2.38. The SMILES string of the molecule is Cc1ccccc1[C@H](C)NC(=O)CNC(=O)c1ccccc1. The number of benzene rings is 2. The van der Waals surface area contributed by atoms with Crippen LogP contribution in [0.15, 0.2) is 54.6 Å². The summed E-state index contributed by atoms with van der Waals surface area (Å²) in [6, 6.07) is 16.7. The molecule has 0 aliphatic heterocycles. The van der Waals surface area contributed by atoms with Crippen molar-refractivity contribution < 1.29 is 9.59 Å². The molecule has 114 valence electrons. The van der Waals surface area contributed by atoms with Crippen molar-refractivity contribution in [3.05, 3.63) is 71.3 Å². The number of rotatable bonds is 5. The fourth-order valence-electron chi connectivity index (χ4n) is 2.30. The van der Waals surface area contributed by atoms with Gasteiger partial charge in [0.2, 0.25) is 5.91 Å². The lowest BCUT2D eigenvalue weighted by atomic mass is 10.0. The van der Waals surface area contributed by atoms with Crippen LogP contribution in [0.4, 0.5) is 0 Å². The third kappa shape index (κ3) is 4.19. The summed E-state index contributed by atoms with van der Waals surface area (Å²) in [4.78, 5) is 23.8. The van der Waals surface area contributed by atoms with E-state index in [1.807, 2.05) is 44.2 Å². The molecule has 0 aromatic heterocycles. The Labute approximate surface area is 130 Å². The summed E-state index contributed by atoms with van der Waals surface area (Å²) in [5, 5.41) is 5.51. The Morgan fingerprint density at radius 1 is 1.00 bits per heavy atom. The zero-order valence-corrected chi connectivity index (χ0v) is 12.8. The number of hydrogen-bond acceptors (Lipinski definition) is 2. The number of hydrogen-bond donors (Lipinski definition) is 2. The molecule has 0 spiro atoms. The molecular formula is C18H20N2O2. The minimum Gasteiger partial charge on any atom is -0.348 e. The smallest absolute Gasteiger partial charge is 0.251 e. The molecule has 0 unspecified atom stereocenters. The molecule has 0 heterocycles. The molecule has 0 saturated heterocycles.